The number of fused-ring (bicyclic) bond motifs is 1. The van der Waals surface area contributed by atoms with E-state index in [0.717, 1.165) is 16.5 Å². The van der Waals surface area contributed by atoms with E-state index >= 15 is 0 Å². The SMILES string of the molecule is COc1ccc(OCC(=O)NCCc2c[nH]c3ccccc23)c([N+](=O)[O-])c1. The molecular weight excluding hydrogens is 350 g/mol. The Hall–Kier alpha value is -3.55. The quantitative estimate of drug-likeness (QED) is 0.469. The Balaban J connectivity index is 1.52. The highest BCUT2D eigenvalue weighted by atomic mass is 16.6. The summed E-state index contributed by atoms with van der Waals surface area (Å²) in [5.41, 5.74) is 1.91. The molecule has 27 heavy (non-hydrogen) atoms. The van der Waals surface area contributed by atoms with Gasteiger partial charge in [0.1, 0.15) is 5.75 Å². The average Bonchev–Trinajstić information content (AvgIpc) is 3.09. The van der Waals surface area contributed by atoms with E-state index in [0.29, 0.717) is 18.7 Å². The van der Waals surface area contributed by atoms with Crippen LogP contribution in [0.3, 0.4) is 0 Å². The van der Waals surface area contributed by atoms with Crippen LogP contribution in [-0.2, 0) is 11.2 Å². The number of aromatic amines is 1. The molecule has 0 saturated heterocycles. The second-order valence-electron chi connectivity index (χ2n) is 5.84. The van der Waals surface area contributed by atoms with Crippen LogP contribution in [0, 0.1) is 10.1 Å². The number of rotatable bonds is 8. The number of nitrogens with zero attached hydrogens (tertiary/aromatic N) is 1. The molecule has 140 valence electrons. The molecule has 3 aromatic rings. The smallest absolute Gasteiger partial charge is 0.314 e. The second kappa shape index (κ2) is 8.22. The van der Waals surface area contributed by atoms with Crippen molar-refractivity contribution in [1.82, 2.24) is 10.3 Å². The molecule has 0 saturated carbocycles. The van der Waals surface area contributed by atoms with Gasteiger partial charge in [-0.3, -0.25) is 14.9 Å². The molecular formula is C19H19N3O5. The van der Waals surface area contributed by atoms with E-state index in [2.05, 4.69) is 10.3 Å². The zero-order valence-corrected chi connectivity index (χ0v) is 14.7. The van der Waals surface area contributed by atoms with Gasteiger partial charge in [-0.2, -0.15) is 0 Å². The maximum Gasteiger partial charge on any atom is 0.314 e. The van der Waals surface area contributed by atoms with Gasteiger partial charge in [0.25, 0.3) is 5.91 Å². The molecule has 0 aliphatic carbocycles. The Morgan fingerprint density at radius 2 is 2.07 bits per heavy atom. The van der Waals surface area contributed by atoms with Crippen molar-refractivity contribution in [3.8, 4) is 11.5 Å². The van der Waals surface area contributed by atoms with Crippen LogP contribution in [0.25, 0.3) is 10.9 Å². The van der Waals surface area contributed by atoms with Crippen molar-refractivity contribution >= 4 is 22.5 Å². The lowest BCUT2D eigenvalue weighted by Gasteiger charge is -2.08. The van der Waals surface area contributed by atoms with Gasteiger partial charge in [-0.25, -0.2) is 0 Å². The Morgan fingerprint density at radius 3 is 2.85 bits per heavy atom. The highest BCUT2D eigenvalue weighted by Gasteiger charge is 2.17. The van der Waals surface area contributed by atoms with Crippen molar-refractivity contribution in [2.75, 3.05) is 20.3 Å². The van der Waals surface area contributed by atoms with Crippen LogP contribution in [-0.4, -0.2) is 36.1 Å². The predicted octanol–water partition coefficient (Wildman–Crippen LogP) is 2.82. The van der Waals surface area contributed by atoms with Crippen molar-refractivity contribution in [3.05, 3.63) is 64.3 Å². The Labute approximate surface area is 155 Å². The second-order valence-corrected chi connectivity index (χ2v) is 5.84. The first kappa shape index (κ1) is 18.2. The van der Waals surface area contributed by atoms with Gasteiger partial charge in [0, 0.05) is 23.6 Å². The molecule has 2 aromatic carbocycles. The van der Waals surface area contributed by atoms with Crippen LogP contribution in [0.2, 0.25) is 0 Å². The molecule has 0 atom stereocenters. The molecule has 1 aromatic heterocycles. The number of para-hydroxylation sites is 1. The van der Waals surface area contributed by atoms with Crippen molar-refractivity contribution in [3.63, 3.8) is 0 Å². The number of aromatic nitrogens is 1. The minimum Gasteiger partial charge on any atom is -0.496 e. The van der Waals surface area contributed by atoms with E-state index in [9.17, 15) is 14.9 Å². The number of benzene rings is 2. The van der Waals surface area contributed by atoms with Crippen molar-refractivity contribution in [2.24, 2.45) is 0 Å². The third kappa shape index (κ3) is 4.35. The predicted molar refractivity (Wildman–Crippen MR) is 100 cm³/mol. The van der Waals surface area contributed by atoms with Crippen LogP contribution >= 0.6 is 0 Å². The minimum absolute atomic E-state index is 0.0209. The summed E-state index contributed by atoms with van der Waals surface area (Å²) in [4.78, 5) is 25.7. The molecule has 1 heterocycles. The molecule has 8 nitrogen and oxygen atoms in total. The number of nitrogens with one attached hydrogen (secondary N) is 2. The molecule has 2 N–H and O–H groups in total. The van der Waals surface area contributed by atoms with Gasteiger partial charge < -0.3 is 19.8 Å². The van der Waals surface area contributed by atoms with Gasteiger partial charge in [-0.05, 0) is 30.2 Å². The first-order chi connectivity index (χ1) is 13.1. The maximum absolute atomic E-state index is 12.0. The topological polar surface area (TPSA) is 106 Å². The lowest BCUT2D eigenvalue weighted by Crippen LogP contribution is -2.30. The number of hydrogen-bond donors (Lipinski definition) is 2. The number of amides is 1. The number of carbonyl (C=O) groups excluding carboxylic acids is 1. The van der Waals surface area contributed by atoms with Gasteiger partial charge in [-0.15, -0.1) is 0 Å². The van der Waals surface area contributed by atoms with Gasteiger partial charge in [-0.1, -0.05) is 18.2 Å². The lowest BCUT2D eigenvalue weighted by molar-refractivity contribution is -0.385. The van der Waals surface area contributed by atoms with Gasteiger partial charge in [0.2, 0.25) is 0 Å². The molecule has 0 aliphatic heterocycles. The molecule has 1 amide bonds. The Bertz CT molecular complexity index is 967. The summed E-state index contributed by atoms with van der Waals surface area (Å²) >= 11 is 0. The lowest BCUT2D eigenvalue weighted by atomic mass is 10.1. The van der Waals surface area contributed by atoms with E-state index in [1.165, 1.54) is 25.3 Å². The highest BCUT2D eigenvalue weighted by Crippen LogP contribution is 2.30. The summed E-state index contributed by atoms with van der Waals surface area (Å²) < 4.78 is 10.3. The van der Waals surface area contributed by atoms with Gasteiger partial charge >= 0.3 is 5.69 Å². The number of hydrogen-bond acceptors (Lipinski definition) is 5. The number of nitro benzene ring substituents is 1. The summed E-state index contributed by atoms with van der Waals surface area (Å²) in [6.45, 7) is 0.135. The summed E-state index contributed by atoms with van der Waals surface area (Å²) in [5.74, 6) is 0.0183. The molecule has 0 radical (unpaired) electrons. The zero-order valence-electron chi connectivity index (χ0n) is 14.7. The standard InChI is InChI=1S/C19H19N3O5/c1-26-14-6-7-18(17(10-14)22(24)25)27-12-19(23)20-9-8-13-11-21-16-5-3-2-4-15(13)16/h2-7,10-11,21H,8-9,12H2,1H3,(H,20,23). The van der Waals surface area contributed by atoms with Crippen LogP contribution in [0.15, 0.2) is 48.7 Å². The van der Waals surface area contributed by atoms with Crippen LogP contribution in [0.4, 0.5) is 5.69 Å². The third-order valence-corrected chi connectivity index (χ3v) is 4.11. The fourth-order valence-electron chi connectivity index (χ4n) is 2.76. The Morgan fingerprint density at radius 1 is 1.26 bits per heavy atom. The first-order valence-electron chi connectivity index (χ1n) is 8.35. The Kier molecular flexibility index (Phi) is 5.55. The third-order valence-electron chi connectivity index (χ3n) is 4.11. The molecule has 0 unspecified atom stereocenters. The fraction of sp³-hybridized carbons (Fsp3) is 0.211. The van der Waals surface area contributed by atoms with Crippen molar-refractivity contribution in [1.29, 1.82) is 0 Å². The van der Waals surface area contributed by atoms with Crippen molar-refractivity contribution in [2.45, 2.75) is 6.42 Å². The highest BCUT2D eigenvalue weighted by molar-refractivity contribution is 5.83. The van der Waals surface area contributed by atoms with E-state index < -0.39 is 4.92 Å². The number of H-pyrrole nitrogens is 1. The molecule has 0 aliphatic rings. The number of methoxy groups -OCH3 is 1. The number of ether oxygens (including phenoxy) is 2. The molecule has 3 rings (SSSR count). The molecule has 0 bridgehead atoms. The van der Waals surface area contributed by atoms with E-state index in [1.54, 1.807) is 0 Å². The summed E-state index contributed by atoms with van der Waals surface area (Å²) in [7, 11) is 1.42. The van der Waals surface area contributed by atoms with E-state index in [-0.39, 0.29) is 24.0 Å². The number of nitro groups is 1. The largest absolute Gasteiger partial charge is 0.496 e. The van der Waals surface area contributed by atoms with Crippen LogP contribution < -0.4 is 14.8 Å². The normalized spacial score (nSPS) is 10.6. The monoisotopic (exact) mass is 369 g/mol. The van der Waals surface area contributed by atoms with Crippen molar-refractivity contribution < 1.29 is 19.2 Å². The maximum atomic E-state index is 12.0. The average molecular weight is 369 g/mol. The zero-order chi connectivity index (χ0) is 19.2. The molecule has 0 spiro atoms. The first-order valence-corrected chi connectivity index (χ1v) is 8.35. The van der Waals surface area contributed by atoms with Crippen LogP contribution in [0.5, 0.6) is 11.5 Å². The van der Waals surface area contributed by atoms with E-state index in [1.807, 2.05) is 30.5 Å². The minimum atomic E-state index is -0.577. The number of carbonyl (C=O) groups is 1. The van der Waals surface area contributed by atoms with Gasteiger partial charge in [0.05, 0.1) is 18.1 Å². The summed E-state index contributed by atoms with van der Waals surface area (Å²) in [6.07, 6.45) is 2.59. The molecule has 8 heteroatoms. The molecule has 0 fully saturated rings. The summed E-state index contributed by atoms with van der Waals surface area (Å²) in [5, 5.41) is 15.0. The van der Waals surface area contributed by atoms with E-state index in [4.69, 9.17) is 9.47 Å². The van der Waals surface area contributed by atoms with Crippen LogP contribution in [0.1, 0.15) is 5.56 Å². The summed E-state index contributed by atoms with van der Waals surface area (Å²) in [6, 6.07) is 12.1. The fourth-order valence-corrected chi connectivity index (χ4v) is 2.76. The van der Waals surface area contributed by atoms with Gasteiger partial charge in [0.15, 0.2) is 12.4 Å².